The van der Waals surface area contributed by atoms with Gasteiger partial charge in [-0.1, -0.05) is 25.0 Å². The second-order valence-electron chi connectivity index (χ2n) is 6.83. The van der Waals surface area contributed by atoms with E-state index < -0.39 is 0 Å². The third-order valence-corrected chi connectivity index (χ3v) is 4.51. The van der Waals surface area contributed by atoms with Gasteiger partial charge in [0.05, 0.1) is 6.04 Å². The van der Waals surface area contributed by atoms with Crippen LogP contribution in [0.4, 0.5) is 10.1 Å². The summed E-state index contributed by atoms with van der Waals surface area (Å²) >= 11 is 0. The Morgan fingerprint density at radius 3 is 2.25 bits per heavy atom. The zero-order chi connectivity index (χ0) is 20.4. The summed E-state index contributed by atoms with van der Waals surface area (Å²) in [6.45, 7) is 2.63. The molecule has 0 spiro atoms. The standard InChI is InChI=1S/C22H28FN3O2/c1-16(25-21(27)6-4-2-3-5-15-24)17-9-13-20(14-10-17)26-22(28)18-7-11-19(23)12-8-18/h7-14,16H,2-6,15,24H2,1H3,(H,25,27)(H,26,28). The number of carbonyl (C=O) groups excluding carboxylic acids is 2. The molecule has 0 heterocycles. The molecule has 0 saturated heterocycles. The van der Waals surface area contributed by atoms with Crippen molar-refractivity contribution < 1.29 is 14.0 Å². The summed E-state index contributed by atoms with van der Waals surface area (Å²) < 4.78 is 12.9. The Labute approximate surface area is 165 Å². The van der Waals surface area contributed by atoms with Gasteiger partial charge in [0.1, 0.15) is 5.82 Å². The maximum atomic E-state index is 12.9. The van der Waals surface area contributed by atoms with Gasteiger partial charge in [0, 0.05) is 17.7 Å². The van der Waals surface area contributed by atoms with E-state index in [-0.39, 0.29) is 23.7 Å². The summed E-state index contributed by atoms with van der Waals surface area (Å²) in [6.07, 6.45) is 4.46. The van der Waals surface area contributed by atoms with Crippen molar-refractivity contribution >= 4 is 17.5 Å². The van der Waals surface area contributed by atoms with Crippen LogP contribution < -0.4 is 16.4 Å². The number of nitrogens with one attached hydrogen (secondary N) is 2. The Hall–Kier alpha value is -2.73. The van der Waals surface area contributed by atoms with Gasteiger partial charge in [-0.25, -0.2) is 4.39 Å². The van der Waals surface area contributed by atoms with E-state index in [0.717, 1.165) is 31.2 Å². The number of nitrogens with two attached hydrogens (primary N) is 1. The number of amides is 2. The van der Waals surface area contributed by atoms with Crippen LogP contribution in [-0.4, -0.2) is 18.4 Å². The van der Waals surface area contributed by atoms with Crippen molar-refractivity contribution in [2.75, 3.05) is 11.9 Å². The van der Waals surface area contributed by atoms with Crippen LogP contribution in [0, 0.1) is 5.82 Å². The minimum atomic E-state index is -0.382. The molecule has 0 bridgehead atoms. The minimum absolute atomic E-state index is 0.0361. The van der Waals surface area contributed by atoms with E-state index in [9.17, 15) is 14.0 Å². The monoisotopic (exact) mass is 385 g/mol. The van der Waals surface area contributed by atoms with Gasteiger partial charge in [0.2, 0.25) is 5.91 Å². The quantitative estimate of drug-likeness (QED) is 0.537. The third-order valence-electron chi connectivity index (χ3n) is 4.51. The lowest BCUT2D eigenvalue weighted by atomic mass is 10.1. The van der Waals surface area contributed by atoms with Crippen LogP contribution in [0.15, 0.2) is 48.5 Å². The summed E-state index contributed by atoms with van der Waals surface area (Å²) in [7, 11) is 0. The summed E-state index contributed by atoms with van der Waals surface area (Å²) in [5.41, 5.74) is 7.43. The number of unbranched alkanes of at least 4 members (excludes halogenated alkanes) is 3. The number of carbonyl (C=O) groups is 2. The number of halogens is 1. The number of hydrogen-bond acceptors (Lipinski definition) is 3. The molecule has 0 saturated carbocycles. The molecule has 0 aliphatic rings. The predicted octanol–water partition coefficient (Wildman–Crippen LogP) is 4.16. The zero-order valence-corrected chi connectivity index (χ0v) is 16.2. The largest absolute Gasteiger partial charge is 0.350 e. The first-order valence-electron chi connectivity index (χ1n) is 9.66. The van der Waals surface area contributed by atoms with E-state index in [1.807, 2.05) is 19.1 Å². The first-order chi connectivity index (χ1) is 13.5. The van der Waals surface area contributed by atoms with Crippen molar-refractivity contribution in [1.82, 2.24) is 5.32 Å². The van der Waals surface area contributed by atoms with Crippen LogP contribution in [0.3, 0.4) is 0 Å². The SMILES string of the molecule is CC(NC(=O)CCCCCCN)c1ccc(NC(=O)c2ccc(F)cc2)cc1. The average molecular weight is 385 g/mol. The smallest absolute Gasteiger partial charge is 0.255 e. The second-order valence-corrected chi connectivity index (χ2v) is 6.83. The van der Waals surface area contributed by atoms with Gasteiger partial charge in [0.25, 0.3) is 5.91 Å². The molecule has 0 fully saturated rings. The van der Waals surface area contributed by atoms with Gasteiger partial charge in [0.15, 0.2) is 0 Å². The molecular formula is C22H28FN3O2. The van der Waals surface area contributed by atoms with Gasteiger partial charge in [-0.2, -0.15) is 0 Å². The normalized spacial score (nSPS) is 11.7. The van der Waals surface area contributed by atoms with Crippen LogP contribution >= 0.6 is 0 Å². The molecule has 6 heteroatoms. The molecule has 28 heavy (non-hydrogen) atoms. The minimum Gasteiger partial charge on any atom is -0.350 e. The predicted molar refractivity (Wildman–Crippen MR) is 109 cm³/mol. The molecule has 5 nitrogen and oxygen atoms in total. The zero-order valence-electron chi connectivity index (χ0n) is 16.2. The van der Waals surface area contributed by atoms with E-state index in [4.69, 9.17) is 5.73 Å². The summed E-state index contributed by atoms with van der Waals surface area (Å²) in [4.78, 5) is 24.2. The maximum Gasteiger partial charge on any atom is 0.255 e. The highest BCUT2D eigenvalue weighted by atomic mass is 19.1. The van der Waals surface area contributed by atoms with E-state index in [0.29, 0.717) is 24.2 Å². The van der Waals surface area contributed by atoms with E-state index >= 15 is 0 Å². The molecule has 1 unspecified atom stereocenters. The fourth-order valence-electron chi connectivity index (χ4n) is 2.84. The van der Waals surface area contributed by atoms with Crippen molar-refractivity contribution in [3.8, 4) is 0 Å². The van der Waals surface area contributed by atoms with E-state index in [1.165, 1.54) is 24.3 Å². The Balaban J connectivity index is 1.81. The van der Waals surface area contributed by atoms with Crippen LogP contribution in [-0.2, 0) is 4.79 Å². The highest BCUT2D eigenvalue weighted by Gasteiger charge is 2.10. The van der Waals surface area contributed by atoms with Gasteiger partial charge >= 0.3 is 0 Å². The number of benzene rings is 2. The highest BCUT2D eigenvalue weighted by molar-refractivity contribution is 6.04. The maximum absolute atomic E-state index is 12.9. The lowest BCUT2D eigenvalue weighted by Gasteiger charge is -2.15. The molecule has 0 radical (unpaired) electrons. The number of rotatable bonds is 10. The summed E-state index contributed by atoms with van der Waals surface area (Å²) in [6, 6.07) is 12.6. The van der Waals surface area contributed by atoms with Gasteiger partial charge in [-0.3, -0.25) is 9.59 Å². The molecule has 2 rings (SSSR count). The third kappa shape index (κ3) is 7.12. The lowest BCUT2D eigenvalue weighted by molar-refractivity contribution is -0.121. The van der Waals surface area contributed by atoms with E-state index in [2.05, 4.69) is 10.6 Å². The first-order valence-corrected chi connectivity index (χ1v) is 9.66. The molecule has 0 aliphatic carbocycles. The van der Waals surface area contributed by atoms with Crippen molar-refractivity contribution in [3.05, 3.63) is 65.5 Å². The molecule has 0 aliphatic heterocycles. The number of anilines is 1. The molecule has 150 valence electrons. The summed E-state index contributed by atoms with van der Waals surface area (Å²) in [5.74, 6) is -0.648. The molecule has 4 N–H and O–H groups in total. The Kier molecular flexibility index (Phi) is 8.62. The molecule has 1 atom stereocenters. The van der Waals surface area contributed by atoms with Crippen molar-refractivity contribution in [2.24, 2.45) is 5.73 Å². The molecule has 2 aromatic rings. The van der Waals surface area contributed by atoms with Crippen LogP contribution in [0.25, 0.3) is 0 Å². The lowest BCUT2D eigenvalue weighted by Crippen LogP contribution is -2.26. The number of hydrogen-bond donors (Lipinski definition) is 3. The van der Waals surface area contributed by atoms with Crippen LogP contribution in [0.2, 0.25) is 0 Å². The Bertz CT molecular complexity index is 760. The highest BCUT2D eigenvalue weighted by Crippen LogP contribution is 2.17. The second kappa shape index (κ2) is 11.2. The Morgan fingerprint density at radius 2 is 1.61 bits per heavy atom. The summed E-state index contributed by atoms with van der Waals surface area (Å²) in [5, 5.41) is 5.76. The van der Waals surface area contributed by atoms with Crippen LogP contribution in [0.1, 0.15) is 61.0 Å². The van der Waals surface area contributed by atoms with Gasteiger partial charge in [-0.05, 0) is 68.3 Å². The molecular weight excluding hydrogens is 357 g/mol. The average Bonchev–Trinajstić information content (AvgIpc) is 2.68. The van der Waals surface area contributed by atoms with Crippen molar-refractivity contribution in [2.45, 2.75) is 45.1 Å². The topological polar surface area (TPSA) is 84.2 Å². The Morgan fingerprint density at radius 1 is 0.964 bits per heavy atom. The fourth-order valence-corrected chi connectivity index (χ4v) is 2.84. The van der Waals surface area contributed by atoms with Crippen LogP contribution in [0.5, 0.6) is 0 Å². The van der Waals surface area contributed by atoms with E-state index in [1.54, 1.807) is 12.1 Å². The molecule has 0 aromatic heterocycles. The first kappa shape index (κ1) is 21.6. The molecule has 2 amide bonds. The van der Waals surface area contributed by atoms with Gasteiger partial charge < -0.3 is 16.4 Å². The van der Waals surface area contributed by atoms with Crippen molar-refractivity contribution in [1.29, 1.82) is 0 Å². The van der Waals surface area contributed by atoms with Gasteiger partial charge in [-0.15, -0.1) is 0 Å². The molecule has 2 aromatic carbocycles. The fraction of sp³-hybridized carbons (Fsp3) is 0.364. The van der Waals surface area contributed by atoms with Crippen molar-refractivity contribution in [3.63, 3.8) is 0 Å².